The van der Waals surface area contributed by atoms with Gasteiger partial charge in [-0.1, -0.05) is 23.7 Å². The monoisotopic (exact) mass is 474 g/mol. The normalized spacial score (nSPS) is 11.3. The molecular weight excluding hydrogens is 456 g/mol. The Bertz CT molecular complexity index is 1250. The first-order valence-electron chi connectivity index (χ1n) is 9.38. The molecular formula is C21H19ClN4O5S. The van der Waals surface area contributed by atoms with Crippen molar-refractivity contribution in [2.24, 2.45) is 5.10 Å². The average molecular weight is 475 g/mol. The van der Waals surface area contributed by atoms with E-state index in [-0.39, 0.29) is 27.0 Å². The zero-order valence-electron chi connectivity index (χ0n) is 16.9. The Labute approximate surface area is 189 Å². The van der Waals surface area contributed by atoms with Gasteiger partial charge in [0.05, 0.1) is 34.1 Å². The van der Waals surface area contributed by atoms with Gasteiger partial charge >= 0.3 is 0 Å². The van der Waals surface area contributed by atoms with Crippen LogP contribution in [-0.2, 0) is 10.0 Å². The summed E-state index contributed by atoms with van der Waals surface area (Å²) in [5.74, 6) is 0.715. The second-order valence-corrected chi connectivity index (χ2v) is 8.45. The van der Waals surface area contributed by atoms with E-state index >= 15 is 0 Å². The van der Waals surface area contributed by atoms with Crippen LogP contribution in [-0.4, -0.2) is 26.2 Å². The van der Waals surface area contributed by atoms with Crippen molar-refractivity contribution in [2.45, 2.75) is 11.8 Å². The highest BCUT2D eigenvalue weighted by Crippen LogP contribution is 2.30. The van der Waals surface area contributed by atoms with Crippen LogP contribution in [0.15, 0.2) is 76.7 Å². The quantitative estimate of drug-likeness (QED) is 0.258. The zero-order chi connectivity index (χ0) is 23.1. The fourth-order valence-electron chi connectivity index (χ4n) is 2.68. The first-order valence-corrected chi connectivity index (χ1v) is 11.2. The number of nitrogens with one attached hydrogen (secondary N) is 2. The fourth-order valence-corrected chi connectivity index (χ4v) is 4.17. The summed E-state index contributed by atoms with van der Waals surface area (Å²) < 4.78 is 33.7. The molecule has 0 unspecified atom stereocenters. The highest BCUT2D eigenvalue weighted by Gasteiger charge is 2.23. The highest BCUT2D eigenvalue weighted by molar-refractivity contribution is 7.93. The van der Waals surface area contributed by atoms with Crippen LogP contribution in [0, 0.1) is 10.1 Å². The van der Waals surface area contributed by atoms with Gasteiger partial charge in [0.2, 0.25) is 0 Å². The molecule has 0 fully saturated rings. The minimum absolute atomic E-state index is 0.0531. The molecule has 0 bridgehead atoms. The number of anilines is 2. The molecule has 0 aliphatic heterocycles. The van der Waals surface area contributed by atoms with Crippen LogP contribution < -0.4 is 14.9 Å². The van der Waals surface area contributed by atoms with Gasteiger partial charge in [-0.25, -0.2) is 8.42 Å². The lowest BCUT2D eigenvalue weighted by Crippen LogP contribution is -2.15. The van der Waals surface area contributed by atoms with Gasteiger partial charge in [-0.3, -0.25) is 20.3 Å². The first kappa shape index (κ1) is 23.0. The lowest BCUT2D eigenvalue weighted by molar-refractivity contribution is -0.385. The summed E-state index contributed by atoms with van der Waals surface area (Å²) >= 11 is 6.04. The summed E-state index contributed by atoms with van der Waals surface area (Å²) in [6.07, 6.45) is 1.48. The summed E-state index contributed by atoms with van der Waals surface area (Å²) in [6, 6.07) is 16.8. The summed E-state index contributed by atoms with van der Waals surface area (Å²) in [5.41, 5.74) is 3.19. The number of nitrogens with zero attached hydrogens (tertiary/aromatic N) is 2. The Morgan fingerprint density at radius 1 is 1.09 bits per heavy atom. The van der Waals surface area contributed by atoms with Gasteiger partial charge in [0, 0.05) is 12.1 Å². The van der Waals surface area contributed by atoms with Crippen molar-refractivity contribution in [3.8, 4) is 5.75 Å². The number of benzene rings is 3. The molecule has 32 heavy (non-hydrogen) atoms. The molecule has 9 nitrogen and oxygen atoms in total. The molecule has 166 valence electrons. The predicted octanol–water partition coefficient (Wildman–Crippen LogP) is 4.89. The third-order valence-electron chi connectivity index (χ3n) is 4.17. The van der Waals surface area contributed by atoms with E-state index in [1.165, 1.54) is 30.5 Å². The number of ether oxygens (including phenoxy) is 1. The van der Waals surface area contributed by atoms with Crippen LogP contribution in [0.5, 0.6) is 5.75 Å². The van der Waals surface area contributed by atoms with Crippen molar-refractivity contribution in [3.05, 3.63) is 87.4 Å². The van der Waals surface area contributed by atoms with E-state index in [9.17, 15) is 18.5 Å². The Morgan fingerprint density at radius 2 is 1.81 bits per heavy atom. The molecule has 0 saturated carbocycles. The van der Waals surface area contributed by atoms with Gasteiger partial charge in [-0.2, -0.15) is 5.10 Å². The highest BCUT2D eigenvalue weighted by atomic mass is 35.5. The van der Waals surface area contributed by atoms with Crippen LogP contribution in [0.25, 0.3) is 0 Å². The molecule has 2 N–H and O–H groups in total. The van der Waals surface area contributed by atoms with Gasteiger partial charge in [-0.05, 0) is 55.0 Å². The topological polar surface area (TPSA) is 123 Å². The van der Waals surface area contributed by atoms with E-state index in [0.717, 1.165) is 11.6 Å². The van der Waals surface area contributed by atoms with E-state index in [1.54, 1.807) is 36.4 Å². The number of hydrazone groups is 1. The SMILES string of the molecule is CCOc1ccc(C=NNc2ccc([N+](=O)[O-])cc2S(=O)(=O)Nc2ccccc2Cl)cc1. The minimum Gasteiger partial charge on any atom is -0.494 e. The van der Waals surface area contributed by atoms with Crippen LogP contribution >= 0.6 is 11.6 Å². The molecule has 11 heteroatoms. The lowest BCUT2D eigenvalue weighted by Gasteiger charge is -2.12. The number of rotatable bonds is 9. The molecule has 0 aliphatic rings. The number of nitro benzene ring substituents is 1. The maximum Gasteiger partial charge on any atom is 0.270 e. The van der Waals surface area contributed by atoms with E-state index < -0.39 is 14.9 Å². The Morgan fingerprint density at radius 3 is 2.47 bits per heavy atom. The second kappa shape index (κ2) is 10.1. The fraction of sp³-hybridized carbons (Fsp3) is 0.0952. The molecule has 0 saturated heterocycles. The molecule has 3 rings (SSSR count). The number of hydrogen-bond donors (Lipinski definition) is 2. The van der Waals surface area contributed by atoms with E-state index in [1.807, 2.05) is 6.92 Å². The Kier molecular flexibility index (Phi) is 7.29. The summed E-state index contributed by atoms with van der Waals surface area (Å²) in [4.78, 5) is 10.2. The third kappa shape index (κ3) is 5.74. The van der Waals surface area contributed by atoms with E-state index in [2.05, 4.69) is 15.2 Å². The molecule has 3 aromatic carbocycles. The number of non-ortho nitro benzene ring substituents is 1. The summed E-state index contributed by atoms with van der Waals surface area (Å²) in [7, 11) is -4.22. The van der Waals surface area contributed by atoms with Gasteiger partial charge in [0.25, 0.3) is 15.7 Å². The van der Waals surface area contributed by atoms with Crippen LogP contribution in [0.4, 0.5) is 17.1 Å². The second-order valence-electron chi connectivity index (χ2n) is 6.39. The van der Waals surface area contributed by atoms with Crippen molar-refractivity contribution in [3.63, 3.8) is 0 Å². The van der Waals surface area contributed by atoms with Gasteiger partial charge in [0.15, 0.2) is 0 Å². The molecule has 0 aliphatic carbocycles. The lowest BCUT2D eigenvalue weighted by atomic mass is 10.2. The van der Waals surface area contributed by atoms with Gasteiger partial charge in [-0.15, -0.1) is 0 Å². The average Bonchev–Trinajstić information content (AvgIpc) is 2.76. The van der Waals surface area contributed by atoms with Crippen molar-refractivity contribution in [2.75, 3.05) is 16.8 Å². The molecule has 0 aromatic heterocycles. The molecule has 0 heterocycles. The molecule has 3 aromatic rings. The number of nitro groups is 1. The maximum atomic E-state index is 13.0. The molecule has 0 radical (unpaired) electrons. The molecule has 0 amide bonds. The molecule has 0 atom stereocenters. The third-order valence-corrected chi connectivity index (χ3v) is 5.91. The van der Waals surface area contributed by atoms with Crippen LogP contribution in [0.1, 0.15) is 12.5 Å². The largest absolute Gasteiger partial charge is 0.494 e. The van der Waals surface area contributed by atoms with Crippen LogP contribution in [0.3, 0.4) is 0 Å². The van der Waals surface area contributed by atoms with Gasteiger partial charge < -0.3 is 4.74 Å². The smallest absolute Gasteiger partial charge is 0.270 e. The van der Waals surface area contributed by atoms with E-state index in [4.69, 9.17) is 16.3 Å². The Hall–Kier alpha value is -3.63. The van der Waals surface area contributed by atoms with Crippen molar-refractivity contribution in [1.29, 1.82) is 0 Å². The van der Waals surface area contributed by atoms with Crippen molar-refractivity contribution < 1.29 is 18.1 Å². The summed E-state index contributed by atoms with van der Waals surface area (Å²) in [5, 5.41) is 15.4. The first-order chi connectivity index (χ1) is 15.3. The number of para-hydroxylation sites is 1. The van der Waals surface area contributed by atoms with Gasteiger partial charge in [0.1, 0.15) is 10.6 Å². The summed E-state index contributed by atoms with van der Waals surface area (Å²) in [6.45, 7) is 2.43. The van der Waals surface area contributed by atoms with Crippen LogP contribution in [0.2, 0.25) is 5.02 Å². The predicted molar refractivity (Wildman–Crippen MR) is 124 cm³/mol. The number of halogens is 1. The zero-order valence-corrected chi connectivity index (χ0v) is 18.4. The van der Waals surface area contributed by atoms with E-state index in [0.29, 0.717) is 12.4 Å². The number of hydrogen-bond acceptors (Lipinski definition) is 7. The maximum absolute atomic E-state index is 13.0. The van der Waals surface area contributed by atoms with Crippen molar-refractivity contribution in [1.82, 2.24) is 0 Å². The number of sulfonamides is 1. The minimum atomic E-state index is -4.22. The standard InChI is InChI=1S/C21H19ClN4O5S/c1-2-31-17-10-7-15(8-11-17)14-23-24-20-12-9-16(26(27)28)13-21(20)32(29,30)25-19-6-4-3-5-18(19)22/h3-14,24-25H,2H2,1H3. The Balaban J connectivity index is 1.89. The molecule has 0 spiro atoms. The van der Waals surface area contributed by atoms with Crippen molar-refractivity contribution >= 4 is 44.9 Å².